The predicted molar refractivity (Wildman–Crippen MR) is 66.0 cm³/mol. The van der Waals surface area contributed by atoms with Crippen LogP contribution >= 0.6 is 0 Å². The van der Waals surface area contributed by atoms with Crippen LogP contribution in [0.5, 0.6) is 0 Å². The summed E-state index contributed by atoms with van der Waals surface area (Å²) in [7, 11) is 2.11. The summed E-state index contributed by atoms with van der Waals surface area (Å²) in [6.07, 6.45) is 13.7. The van der Waals surface area contributed by atoms with Crippen LogP contribution in [0.1, 0.15) is 32.1 Å². The van der Waals surface area contributed by atoms with Gasteiger partial charge in [0.2, 0.25) is 0 Å². The molecule has 2 atom stereocenters. The molecule has 1 saturated carbocycles. The van der Waals surface area contributed by atoms with E-state index in [2.05, 4.69) is 30.3 Å². The van der Waals surface area contributed by atoms with Crippen molar-refractivity contribution < 1.29 is 4.79 Å². The SMILES string of the molecule is CN1C=C([C@@H]2CCCC[C@H]2CC=O)C=CC1. The Morgan fingerprint density at radius 1 is 1.44 bits per heavy atom. The molecule has 1 fully saturated rings. The summed E-state index contributed by atoms with van der Waals surface area (Å²) in [5.41, 5.74) is 1.43. The zero-order chi connectivity index (χ0) is 11.4. The molecule has 16 heavy (non-hydrogen) atoms. The molecule has 0 spiro atoms. The standard InChI is InChI=1S/C14H21NO/c1-15-9-4-6-13(11-15)14-7-3-2-5-12(14)8-10-16/h4,6,10-12,14H,2-3,5,7-9H2,1H3/t12-,14+/m0/s1. The van der Waals surface area contributed by atoms with Crippen LogP contribution in [0.2, 0.25) is 0 Å². The molecular weight excluding hydrogens is 198 g/mol. The Bertz CT molecular complexity index is 306. The zero-order valence-corrected chi connectivity index (χ0v) is 10.1. The van der Waals surface area contributed by atoms with Gasteiger partial charge in [-0.15, -0.1) is 0 Å². The molecule has 88 valence electrons. The van der Waals surface area contributed by atoms with Crippen LogP contribution in [0.4, 0.5) is 0 Å². The van der Waals surface area contributed by atoms with E-state index in [0.717, 1.165) is 19.3 Å². The largest absolute Gasteiger partial charge is 0.376 e. The number of nitrogens with zero attached hydrogens (tertiary/aromatic N) is 1. The fraction of sp³-hybridized carbons (Fsp3) is 0.643. The van der Waals surface area contributed by atoms with Gasteiger partial charge in [-0.25, -0.2) is 0 Å². The van der Waals surface area contributed by atoms with Crippen molar-refractivity contribution in [3.8, 4) is 0 Å². The van der Waals surface area contributed by atoms with Crippen LogP contribution in [-0.2, 0) is 4.79 Å². The number of likely N-dealkylation sites (N-methyl/N-ethyl adjacent to an activating group) is 1. The molecule has 0 saturated heterocycles. The Labute approximate surface area is 98.0 Å². The Morgan fingerprint density at radius 2 is 2.25 bits per heavy atom. The van der Waals surface area contributed by atoms with Gasteiger partial charge in [-0.2, -0.15) is 0 Å². The maximum Gasteiger partial charge on any atom is 0.120 e. The van der Waals surface area contributed by atoms with E-state index < -0.39 is 0 Å². The van der Waals surface area contributed by atoms with Crippen LogP contribution in [-0.4, -0.2) is 24.8 Å². The lowest BCUT2D eigenvalue weighted by molar-refractivity contribution is -0.109. The van der Waals surface area contributed by atoms with Gasteiger partial charge in [0.05, 0.1) is 0 Å². The van der Waals surface area contributed by atoms with Gasteiger partial charge in [0.25, 0.3) is 0 Å². The molecule has 0 N–H and O–H groups in total. The molecule has 0 bridgehead atoms. The lowest BCUT2D eigenvalue weighted by atomic mass is 9.73. The molecule has 2 nitrogen and oxygen atoms in total. The summed E-state index contributed by atoms with van der Waals surface area (Å²) in [5.74, 6) is 1.19. The van der Waals surface area contributed by atoms with Gasteiger partial charge in [-0.3, -0.25) is 0 Å². The van der Waals surface area contributed by atoms with E-state index in [0.29, 0.717) is 11.8 Å². The van der Waals surface area contributed by atoms with E-state index in [1.54, 1.807) is 0 Å². The first-order chi connectivity index (χ1) is 7.81. The molecule has 0 unspecified atom stereocenters. The van der Waals surface area contributed by atoms with Gasteiger partial charge in [0.15, 0.2) is 0 Å². The second kappa shape index (κ2) is 5.33. The summed E-state index contributed by atoms with van der Waals surface area (Å²) in [6, 6.07) is 0. The van der Waals surface area contributed by atoms with Gasteiger partial charge >= 0.3 is 0 Å². The number of carbonyl (C=O) groups is 1. The molecule has 0 radical (unpaired) electrons. The highest BCUT2D eigenvalue weighted by atomic mass is 16.1. The number of aldehydes is 1. The predicted octanol–water partition coefficient (Wildman–Crippen LogP) is 2.77. The zero-order valence-electron chi connectivity index (χ0n) is 10.1. The van der Waals surface area contributed by atoms with E-state index in [9.17, 15) is 4.79 Å². The number of hydrogen-bond acceptors (Lipinski definition) is 2. The average molecular weight is 219 g/mol. The normalized spacial score (nSPS) is 30.1. The number of rotatable bonds is 3. The summed E-state index contributed by atoms with van der Waals surface area (Å²) in [5, 5.41) is 0. The van der Waals surface area contributed by atoms with E-state index in [-0.39, 0.29) is 0 Å². The molecule has 2 rings (SSSR count). The molecule has 2 aliphatic rings. The molecule has 1 heterocycles. The number of allylic oxidation sites excluding steroid dienone is 2. The molecule has 1 aliphatic carbocycles. The summed E-state index contributed by atoms with van der Waals surface area (Å²) in [4.78, 5) is 12.9. The fourth-order valence-electron chi connectivity index (χ4n) is 2.98. The molecular formula is C14H21NO. The number of carbonyl (C=O) groups excluding carboxylic acids is 1. The van der Waals surface area contributed by atoms with Crippen molar-refractivity contribution in [2.24, 2.45) is 11.8 Å². The van der Waals surface area contributed by atoms with Crippen molar-refractivity contribution in [2.45, 2.75) is 32.1 Å². The first-order valence-corrected chi connectivity index (χ1v) is 6.33. The van der Waals surface area contributed by atoms with Gasteiger partial charge < -0.3 is 9.69 Å². The summed E-state index contributed by atoms with van der Waals surface area (Å²) < 4.78 is 0. The highest BCUT2D eigenvalue weighted by molar-refractivity contribution is 5.50. The van der Waals surface area contributed by atoms with Gasteiger partial charge in [-0.1, -0.05) is 25.0 Å². The van der Waals surface area contributed by atoms with Crippen molar-refractivity contribution in [3.05, 3.63) is 23.9 Å². The van der Waals surface area contributed by atoms with Crippen LogP contribution in [0.25, 0.3) is 0 Å². The Balaban J connectivity index is 2.10. The molecule has 0 aromatic rings. The Kier molecular flexibility index (Phi) is 3.81. The number of hydrogen-bond donors (Lipinski definition) is 0. The maximum absolute atomic E-state index is 10.7. The highest BCUT2D eigenvalue weighted by Gasteiger charge is 2.27. The van der Waals surface area contributed by atoms with Gasteiger partial charge in [0, 0.05) is 26.2 Å². The smallest absolute Gasteiger partial charge is 0.120 e. The van der Waals surface area contributed by atoms with Crippen LogP contribution < -0.4 is 0 Å². The molecule has 0 aromatic carbocycles. The highest BCUT2D eigenvalue weighted by Crippen LogP contribution is 2.37. The second-order valence-electron chi connectivity index (χ2n) is 5.02. The van der Waals surface area contributed by atoms with Crippen molar-refractivity contribution in [1.82, 2.24) is 4.90 Å². The van der Waals surface area contributed by atoms with E-state index in [4.69, 9.17) is 0 Å². The fourth-order valence-corrected chi connectivity index (χ4v) is 2.98. The van der Waals surface area contributed by atoms with Crippen molar-refractivity contribution in [2.75, 3.05) is 13.6 Å². The lowest BCUT2D eigenvalue weighted by Gasteiger charge is -2.33. The van der Waals surface area contributed by atoms with E-state index in [1.165, 1.54) is 31.3 Å². The molecule has 1 aliphatic heterocycles. The van der Waals surface area contributed by atoms with E-state index >= 15 is 0 Å². The van der Waals surface area contributed by atoms with Crippen molar-refractivity contribution >= 4 is 6.29 Å². The van der Waals surface area contributed by atoms with E-state index in [1.807, 2.05) is 0 Å². The molecule has 2 heteroatoms. The lowest BCUT2D eigenvalue weighted by Crippen LogP contribution is -2.24. The summed E-state index contributed by atoms with van der Waals surface area (Å²) in [6.45, 7) is 1.01. The van der Waals surface area contributed by atoms with Crippen LogP contribution in [0.3, 0.4) is 0 Å². The third kappa shape index (κ3) is 2.55. The van der Waals surface area contributed by atoms with Gasteiger partial charge in [0.1, 0.15) is 6.29 Å². The monoisotopic (exact) mass is 219 g/mol. The van der Waals surface area contributed by atoms with Crippen LogP contribution in [0, 0.1) is 11.8 Å². The Morgan fingerprint density at radius 3 is 3.00 bits per heavy atom. The average Bonchev–Trinajstić information content (AvgIpc) is 2.30. The molecule has 0 amide bonds. The Hall–Kier alpha value is -1.05. The van der Waals surface area contributed by atoms with Crippen molar-refractivity contribution in [1.29, 1.82) is 0 Å². The first kappa shape index (κ1) is 11.4. The topological polar surface area (TPSA) is 20.3 Å². The van der Waals surface area contributed by atoms with Crippen LogP contribution in [0.15, 0.2) is 23.9 Å². The quantitative estimate of drug-likeness (QED) is 0.680. The van der Waals surface area contributed by atoms with Crippen molar-refractivity contribution in [3.63, 3.8) is 0 Å². The second-order valence-corrected chi connectivity index (χ2v) is 5.02. The summed E-state index contributed by atoms with van der Waals surface area (Å²) >= 11 is 0. The first-order valence-electron chi connectivity index (χ1n) is 6.33. The molecule has 0 aromatic heterocycles. The third-order valence-corrected chi connectivity index (χ3v) is 3.81. The third-order valence-electron chi connectivity index (χ3n) is 3.81. The minimum atomic E-state index is 0.577. The minimum absolute atomic E-state index is 0.577. The maximum atomic E-state index is 10.7. The van der Waals surface area contributed by atoms with Gasteiger partial charge in [-0.05, 0) is 30.3 Å². The minimum Gasteiger partial charge on any atom is -0.376 e.